The van der Waals surface area contributed by atoms with Crippen molar-refractivity contribution in [3.8, 4) is 0 Å². The molecule has 0 amide bonds. The van der Waals surface area contributed by atoms with E-state index in [1.807, 2.05) is 24.3 Å². The molecule has 1 saturated carbocycles. The van der Waals surface area contributed by atoms with E-state index in [4.69, 9.17) is 11.6 Å². The van der Waals surface area contributed by atoms with Crippen molar-refractivity contribution in [2.45, 2.75) is 43.5 Å². The van der Waals surface area contributed by atoms with Crippen LogP contribution >= 0.6 is 11.6 Å². The zero-order valence-corrected chi connectivity index (χ0v) is 13.0. The number of halogens is 1. The molecule has 1 aromatic rings. The molecule has 1 N–H and O–H groups in total. The Morgan fingerprint density at radius 1 is 1.37 bits per heavy atom. The van der Waals surface area contributed by atoms with Gasteiger partial charge in [-0.25, -0.2) is 0 Å². The van der Waals surface area contributed by atoms with Crippen LogP contribution in [0.15, 0.2) is 29.2 Å². The first-order chi connectivity index (χ1) is 9.22. The molecule has 4 heteroatoms. The van der Waals surface area contributed by atoms with Crippen LogP contribution in [0.2, 0.25) is 5.02 Å². The van der Waals surface area contributed by atoms with Crippen LogP contribution in [0.4, 0.5) is 0 Å². The van der Waals surface area contributed by atoms with E-state index in [2.05, 4.69) is 12.2 Å². The molecule has 2 nitrogen and oxygen atoms in total. The van der Waals surface area contributed by atoms with Crippen molar-refractivity contribution in [1.29, 1.82) is 0 Å². The highest BCUT2D eigenvalue weighted by molar-refractivity contribution is 7.85. The normalized spacial score (nSPS) is 24.5. The molecule has 3 atom stereocenters. The van der Waals surface area contributed by atoms with E-state index in [1.165, 1.54) is 19.3 Å². The van der Waals surface area contributed by atoms with Gasteiger partial charge in [0.1, 0.15) is 0 Å². The van der Waals surface area contributed by atoms with E-state index in [1.54, 1.807) is 0 Å². The van der Waals surface area contributed by atoms with Crippen molar-refractivity contribution in [1.82, 2.24) is 5.32 Å². The molecular weight excluding hydrogens is 278 g/mol. The number of hydrogen-bond donors (Lipinski definition) is 1. The van der Waals surface area contributed by atoms with Gasteiger partial charge in [0.2, 0.25) is 0 Å². The lowest BCUT2D eigenvalue weighted by Crippen LogP contribution is -2.32. The zero-order chi connectivity index (χ0) is 13.7. The summed E-state index contributed by atoms with van der Waals surface area (Å²) in [6, 6.07) is 8.08. The highest BCUT2D eigenvalue weighted by Crippen LogP contribution is 2.29. The second kappa shape index (κ2) is 7.41. The van der Waals surface area contributed by atoms with Crippen LogP contribution in [0.5, 0.6) is 0 Å². The second-order valence-electron chi connectivity index (χ2n) is 5.12. The van der Waals surface area contributed by atoms with Crippen molar-refractivity contribution < 1.29 is 4.21 Å². The van der Waals surface area contributed by atoms with Crippen LogP contribution in [-0.2, 0) is 10.8 Å². The molecule has 0 radical (unpaired) electrons. The Kier molecular flexibility index (Phi) is 5.86. The van der Waals surface area contributed by atoms with Gasteiger partial charge in [-0.15, -0.1) is 0 Å². The minimum absolute atomic E-state index is 0.619. The maximum atomic E-state index is 12.3. The van der Waals surface area contributed by atoms with Crippen molar-refractivity contribution >= 4 is 22.4 Å². The molecule has 0 saturated heterocycles. The molecule has 1 aliphatic carbocycles. The fourth-order valence-corrected chi connectivity index (χ4v) is 4.56. The quantitative estimate of drug-likeness (QED) is 0.869. The number of benzene rings is 1. The molecule has 0 aliphatic heterocycles. The van der Waals surface area contributed by atoms with Crippen LogP contribution < -0.4 is 5.32 Å². The van der Waals surface area contributed by atoms with Gasteiger partial charge in [0.05, 0.1) is 20.7 Å². The average molecular weight is 300 g/mol. The van der Waals surface area contributed by atoms with Gasteiger partial charge in [0.25, 0.3) is 0 Å². The lowest BCUT2D eigenvalue weighted by atomic mass is 10.0. The molecule has 0 heterocycles. The molecule has 106 valence electrons. The molecule has 1 aromatic carbocycles. The smallest absolute Gasteiger partial charge is 0.0574 e. The third-order valence-electron chi connectivity index (χ3n) is 3.88. The van der Waals surface area contributed by atoms with Gasteiger partial charge in [0, 0.05) is 11.8 Å². The van der Waals surface area contributed by atoms with Gasteiger partial charge in [-0.05, 0) is 43.9 Å². The molecular formula is C15H22ClNOS. The molecule has 1 fully saturated rings. The van der Waals surface area contributed by atoms with Crippen LogP contribution in [0.25, 0.3) is 0 Å². The van der Waals surface area contributed by atoms with Crippen LogP contribution in [0, 0.1) is 5.92 Å². The summed E-state index contributed by atoms with van der Waals surface area (Å²) in [7, 11) is -0.970. The predicted octanol–water partition coefficient (Wildman–Crippen LogP) is 3.62. The van der Waals surface area contributed by atoms with Crippen molar-refractivity contribution in [2.75, 3.05) is 12.3 Å². The molecule has 19 heavy (non-hydrogen) atoms. The fourth-order valence-electron chi connectivity index (χ4n) is 2.91. The Hall–Kier alpha value is -0.380. The Bertz CT molecular complexity index is 438. The van der Waals surface area contributed by atoms with E-state index in [-0.39, 0.29) is 0 Å². The largest absolute Gasteiger partial charge is 0.314 e. The Labute approximate surface area is 123 Å². The van der Waals surface area contributed by atoms with Gasteiger partial charge in [-0.3, -0.25) is 4.21 Å². The first kappa shape index (κ1) is 15.0. The first-order valence-electron chi connectivity index (χ1n) is 7.08. The Balaban J connectivity index is 1.88. The number of nitrogens with one attached hydrogen (secondary N) is 1. The third-order valence-corrected chi connectivity index (χ3v) is 5.78. The van der Waals surface area contributed by atoms with Crippen molar-refractivity contribution in [3.63, 3.8) is 0 Å². The first-order valence-corrected chi connectivity index (χ1v) is 8.78. The molecule has 0 spiro atoms. The lowest BCUT2D eigenvalue weighted by molar-refractivity contribution is 0.399. The topological polar surface area (TPSA) is 29.1 Å². The minimum Gasteiger partial charge on any atom is -0.314 e. The minimum atomic E-state index is -0.970. The molecule has 0 bridgehead atoms. The average Bonchev–Trinajstić information content (AvgIpc) is 2.84. The van der Waals surface area contributed by atoms with Gasteiger partial charge < -0.3 is 5.32 Å². The monoisotopic (exact) mass is 299 g/mol. The summed E-state index contributed by atoms with van der Waals surface area (Å²) < 4.78 is 12.3. The molecule has 3 unspecified atom stereocenters. The van der Waals surface area contributed by atoms with Crippen molar-refractivity contribution in [2.24, 2.45) is 5.92 Å². The molecule has 1 aliphatic rings. The maximum absolute atomic E-state index is 12.3. The fraction of sp³-hybridized carbons (Fsp3) is 0.600. The number of hydrogen-bond acceptors (Lipinski definition) is 2. The highest BCUT2D eigenvalue weighted by atomic mass is 35.5. The van der Waals surface area contributed by atoms with Crippen LogP contribution in [0.1, 0.15) is 32.6 Å². The van der Waals surface area contributed by atoms with E-state index in [0.29, 0.717) is 17.0 Å². The SMILES string of the molecule is CCNC1CCCC1CCS(=O)c1ccccc1Cl. The summed E-state index contributed by atoms with van der Waals surface area (Å²) in [5, 5.41) is 4.17. The molecule has 0 aromatic heterocycles. The van der Waals surface area contributed by atoms with Gasteiger partial charge >= 0.3 is 0 Å². The second-order valence-corrected chi connectivity index (χ2v) is 7.07. The van der Waals surface area contributed by atoms with E-state index < -0.39 is 10.8 Å². The summed E-state index contributed by atoms with van der Waals surface area (Å²) in [5.74, 6) is 1.39. The Morgan fingerprint density at radius 3 is 2.89 bits per heavy atom. The summed E-state index contributed by atoms with van der Waals surface area (Å²) >= 11 is 6.09. The molecule has 2 rings (SSSR count). The van der Waals surface area contributed by atoms with E-state index in [9.17, 15) is 4.21 Å². The highest BCUT2D eigenvalue weighted by Gasteiger charge is 2.26. The van der Waals surface area contributed by atoms with Gasteiger partial charge in [-0.2, -0.15) is 0 Å². The zero-order valence-electron chi connectivity index (χ0n) is 11.4. The van der Waals surface area contributed by atoms with Gasteiger partial charge in [-0.1, -0.05) is 37.1 Å². The number of rotatable bonds is 6. The predicted molar refractivity (Wildman–Crippen MR) is 82.2 cm³/mol. The lowest BCUT2D eigenvalue weighted by Gasteiger charge is -2.20. The summed E-state index contributed by atoms with van der Waals surface area (Å²) in [6.07, 6.45) is 4.84. The van der Waals surface area contributed by atoms with Crippen LogP contribution in [-0.4, -0.2) is 22.5 Å². The summed E-state index contributed by atoms with van der Waals surface area (Å²) in [5.41, 5.74) is 0. The third kappa shape index (κ3) is 4.04. The van der Waals surface area contributed by atoms with E-state index >= 15 is 0 Å². The van der Waals surface area contributed by atoms with Gasteiger partial charge in [0.15, 0.2) is 0 Å². The van der Waals surface area contributed by atoms with E-state index in [0.717, 1.165) is 23.6 Å². The standard InChI is InChI=1S/C15H22ClNOS/c1-2-17-14-8-5-6-12(14)10-11-19(18)15-9-4-3-7-13(15)16/h3-4,7,9,12,14,17H,2,5-6,8,10-11H2,1H3. The van der Waals surface area contributed by atoms with Crippen LogP contribution in [0.3, 0.4) is 0 Å². The Morgan fingerprint density at radius 2 is 2.16 bits per heavy atom. The van der Waals surface area contributed by atoms with Crippen molar-refractivity contribution in [3.05, 3.63) is 29.3 Å². The summed E-state index contributed by atoms with van der Waals surface area (Å²) in [4.78, 5) is 0.780. The maximum Gasteiger partial charge on any atom is 0.0574 e. The summed E-state index contributed by atoms with van der Waals surface area (Å²) in [6.45, 7) is 3.17.